The van der Waals surface area contributed by atoms with Crippen molar-refractivity contribution in [2.24, 2.45) is 0 Å². The fraction of sp³-hybridized carbons (Fsp3) is 0.263. The summed E-state index contributed by atoms with van der Waals surface area (Å²) < 4.78 is 15.6. The number of ether oxygens (including phenoxy) is 3. The topological polar surface area (TPSA) is 73.9 Å². The molecule has 1 amide bonds. The Morgan fingerprint density at radius 2 is 1.78 bits per heavy atom. The van der Waals surface area contributed by atoms with Crippen LogP contribution in [0.1, 0.15) is 5.56 Å². The van der Waals surface area contributed by atoms with Gasteiger partial charge < -0.3 is 19.5 Å². The van der Waals surface area contributed by atoms with E-state index < -0.39 is 5.97 Å². The molecule has 0 spiro atoms. The van der Waals surface area contributed by atoms with E-state index in [4.69, 9.17) is 25.8 Å². The smallest absolute Gasteiger partial charge is 0.316 e. The number of anilines is 1. The molecule has 1 N–H and O–H groups in total. The molecule has 0 aliphatic carbocycles. The minimum absolute atomic E-state index is 0.0662. The third-order valence-corrected chi connectivity index (χ3v) is 4.62. The van der Waals surface area contributed by atoms with Crippen molar-refractivity contribution in [1.82, 2.24) is 0 Å². The highest BCUT2D eigenvalue weighted by atomic mass is 35.5. The van der Waals surface area contributed by atoms with Crippen LogP contribution in [0.25, 0.3) is 0 Å². The first-order valence-electron chi connectivity index (χ1n) is 8.01. The van der Waals surface area contributed by atoms with E-state index in [0.29, 0.717) is 27.8 Å². The lowest BCUT2D eigenvalue weighted by Gasteiger charge is -2.11. The Balaban J connectivity index is 1.73. The summed E-state index contributed by atoms with van der Waals surface area (Å²) in [6.45, 7) is 0.0662. The zero-order chi connectivity index (χ0) is 19.6. The summed E-state index contributed by atoms with van der Waals surface area (Å²) in [6, 6.07) is 12.1. The number of carbonyl (C=O) groups excluding carboxylic acids is 2. The zero-order valence-electron chi connectivity index (χ0n) is 15.0. The van der Waals surface area contributed by atoms with Gasteiger partial charge >= 0.3 is 5.97 Å². The molecule has 8 heteroatoms. The molecule has 0 aliphatic heterocycles. The quantitative estimate of drug-likeness (QED) is 0.635. The van der Waals surface area contributed by atoms with Gasteiger partial charge in [-0.25, -0.2) is 0 Å². The summed E-state index contributed by atoms with van der Waals surface area (Å²) in [5.41, 5.74) is 1.35. The second-order valence-corrected chi connectivity index (χ2v) is 6.81. The van der Waals surface area contributed by atoms with Crippen LogP contribution in [0.4, 0.5) is 5.69 Å². The minimum Gasteiger partial charge on any atom is -0.497 e. The second kappa shape index (κ2) is 10.7. The number of hydrogen-bond acceptors (Lipinski definition) is 6. The largest absolute Gasteiger partial charge is 0.497 e. The van der Waals surface area contributed by atoms with Crippen molar-refractivity contribution in [3.05, 3.63) is 53.1 Å². The Hall–Kier alpha value is -2.38. The van der Waals surface area contributed by atoms with E-state index in [9.17, 15) is 9.59 Å². The summed E-state index contributed by atoms with van der Waals surface area (Å²) in [4.78, 5) is 23.8. The van der Waals surface area contributed by atoms with Gasteiger partial charge in [0.2, 0.25) is 5.91 Å². The molecule has 0 atom stereocenters. The molecular weight excluding hydrogens is 390 g/mol. The van der Waals surface area contributed by atoms with Crippen LogP contribution in [0, 0.1) is 0 Å². The van der Waals surface area contributed by atoms with E-state index in [2.05, 4.69) is 5.32 Å². The maximum atomic E-state index is 11.9. The number of amides is 1. The normalized spacial score (nSPS) is 10.2. The molecule has 0 aromatic heterocycles. The monoisotopic (exact) mass is 409 g/mol. The Kier molecular flexibility index (Phi) is 8.29. The average Bonchev–Trinajstić information content (AvgIpc) is 2.67. The summed E-state index contributed by atoms with van der Waals surface area (Å²) in [5, 5.41) is 3.32. The molecule has 0 bridgehead atoms. The lowest BCUT2D eigenvalue weighted by molar-refractivity contribution is -0.141. The zero-order valence-corrected chi connectivity index (χ0v) is 16.6. The number of carbonyl (C=O) groups is 2. The third kappa shape index (κ3) is 7.03. The average molecular weight is 410 g/mol. The number of nitrogens with one attached hydrogen (secondary N) is 1. The van der Waals surface area contributed by atoms with E-state index in [0.717, 1.165) is 0 Å². The SMILES string of the molecule is COc1ccc(OC)c(COC(=O)CSCC(=O)Nc2ccc(Cl)cc2)c1. The summed E-state index contributed by atoms with van der Waals surface area (Å²) in [5.74, 6) is 0.850. The molecule has 2 rings (SSSR count). The summed E-state index contributed by atoms with van der Waals surface area (Å²) in [6.07, 6.45) is 0. The van der Waals surface area contributed by atoms with Gasteiger partial charge in [0.05, 0.1) is 25.7 Å². The summed E-state index contributed by atoms with van der Waals surface area (Å²) in [7, 11) is 3.10. The van der Waals surface area contributed by atoms with Crippen LogP contribution in [0.2, 0.25) is 5.02 Å². The van der Waals surface area contributed by atoms with Crippen LogP contribution >= 0.6 is 23.4 Å². The van der Waals surface area contributed by atoms with Crippen molar-refractivity contribution >= 4 is 40.9 Å². The molecule has 27 heavy (non-hydrogen) atoms. The van der Waals surface area contributed by atoms with E-state index in [1.807, 2.05) is 0 Å². The Bertz CT molecular complexity index is 782. The molecule has 144 valence electrons. The van der Waals surface area contributed by atoms with Crippen molar-refractivity contribution in [2.45, 2.75) is 6.61 Å². The third-order valence-electron chi connectivity index (χ3n) is 3.46. The van der Waals surface area contributed by atoms with Crippen LogP contribution in [0.5, 0.6) is 11.5 Å². The van der Waals surface area contributed by atoms with Gasteiger partial charge in [0.25, 0.3) is 0 Å². The van der Waals surface area contributed by atoms with Gasteiger partial charge in [-0.15, -0.1) is 11.8 Å². The Morgan fingerprint density at radius 3 is 2.44 bits per heavy atom. The molecule has 2 aromatic rings. The molecule has 0 radical (unpaired) electrons. The number of methoxy groups -OCH3 is 2. The van der Waals surface area contributed by atoms with Crippen LogP contribution in [-0.4, -0.2) is 37.6 Å². The van der Waals surface area contributed by atoms with Gasteiger partial charge in [0, 0.05) is 16.3 Å². The lowest BCUT2D eigenvalue weighted by atomic mass is 10.2. The molecule has 0 aliphatic rings. The van der Waals surface area contributed by atoms with Crippen molar-refractivity contribution in [3.8, 4) is 11.5 Å². The fourth-order valence-electron chi connectivity index (χ4n) is 2.15. The number of hydrogen-bond donors (Lipinski definition) is 1. The summed E-state index contributed by atoms with van der Waals surface area (Å²) >= 11 is 6.97. The number of halogens is 1. The molecule has 6 nitrogen and oxygen atoms in total. The Morgan fingerprint density at radius 1 is 1.04 bits per heavy atom. The highest BCUT2D eigenvalue weighted by Crippen LogP contribution is 2.24. The minimum atomic E-state index is -0.413. The number of thioether (sulfide) groups is 1. The predicted octanol–water partition coefficient (Wildman–Crippen LogP) is 3.77. The fourth-order valence-corrected chi connectivity index (χ4v) is 2.89. The lowest BCUT2D eigenvalue weighted by Crippen LogP contribution is -2.16. The van der Waals surface area contributed by atoms with Gasteiger partial charge in [-0.05, 0) is 42.5 Å². The molecule has 2 aromatic carbocycles. The van der Waals surface area contributed by atoms with Crippen LogP contribution in [0.15, 0.2) is 42.5 Å². The first kappa shape index (κ1) is 20.9. The van der Waals surface area contributed by atoms with E-state index >= 15 is 0 Å². The highest BCUT2D eigenvalue weighted by Gasteiger charge is 2.10. The van der Waals surface area contributed by atoms with E-state index in [-0.39, 0.29) is 24.0 Å². The molecule has 0 unspecified atom stereocenters. The van der Waals surface area contributed by atoms with Crippen LogP contribution < -0.4 is 14.8 Å². The molecular formula is C19H20ClNO5S. The van der Waals surface area contributed by atoms with Gasteiger partial charge in [-0.1, -0.05) is 11.6 Å². The van der Waals surface area contributed by atoms with Crippen molar-refractivity contribution in [1.29, 1.82) is 0 Å². The second-order valence-electron chi connectivity index (χ2n) is 5.39. The molecule has 0 fully saturated rings. The maximum Gasteiger partial charge on any atom is 0.316 e. The van der Waals surface area contributed by atoms with Crippen LogP contribution in [0.3, 0.4) is 0 Å². The van der Waals surface area contributed by atoms with Crippen molar-refractivity contribution in [2.75, 3.05) is 31.0 Å². The maximum absolute atomic E-state index is 11.9. The standard InChI is InChI=1S/C19H20ClNO5S/c1-24-16-7-8-17(25-2)13(9-16)10-26-19(23)12-27-11-18(22)21-15-5-3-14(20)4-6-15/h3-9H,10-12H2,1-2H3,(H,21,22). The number of benzene rings is 2. The first-order chi connectivity index (χ1) is 13.0. The highest BCUT2D eigenvalue weighted by molar-refractivity contribution is 8.00. The van der Waals surface area contributed by atoms with Gasteiger partial charge in [0.1, 0.15) is 18.1 Å². The number of esters is 1. The first-order valence-corrected chi connectivity index (χ1v) is 9.54. The van der Waals surface area contributed by atoms with E-state index in [1.165, 1.54) is 11.8 Å². The Labute approximate surface area is 167 Å². The van der Waals surface area contributed by atoms with E-state index in [1.54, 1.807) is 56.7 Å². The molecule has 0 saturated carbocycles. The number of rotatable bonds is 9. The van der Waals surface area contributed by atoms with Gasteiger partial charge in [-0.3, -0.25) is 9.59 Å². The predicted molar refractivity (Wildman–Crippen MR) is 107 cm³/mol. The molecule has 0 saturated heterocycles. The van der Waals surface area contributed by atoms with Crippen molar-refractivity contribution in [3.63, 3.8) is 0 Å². The van der Waals surface area contributed by atoms with Crippen LogP contribution in [-0.2, 0) is 20.9 Å². The van der Waals surface area contributed by atoms with Gasteiger partial charge in [-0.2, -0.15) is 0 Å². The van der Waals surface area contributed by atoms with Crippen molar-refractivity contribution < 1.29 is 23.8 Å². The van der Waals surface area contributed by atoms with Gasteiger partial charge in [0.15, 0.2) is 0 Å². The molecule has 0 heterocycles.